The number of carbonyl (C=O) groups is 2. The number of amides is 2. The molecule has 1 N–H and O–H groups in total. The molecule has 0 saturated carbocycles. The molecule has 0 spiro atoms. The van der Waals surface area contributed by atoms with Gasteiger partial charge in [0.25, 0.3) is 0 Å². The molecular formula is C24H28N2O3. The van der Waals surface area contributed by atoms with Gasteiger partial charge >= 0.3 is 0 Å². The van der Waals surface area contributed by atoms with Crippen LogP contribution in [0.1, 0.15) is 43.2 Å². The number of carbonyl (C=O) groups excluding carboxylic acids is 2. The van der Waals surface area contributed by atoms with Crippen LogP contribution in [0.2, 0.25) is 0 Å². The van der Waals surface area contributed by atoms with Crippen molar-refractivity contribution in [2.75, 3.05) is 24.5 Å². The van der Waals surface area contributed by atoms with Crippen molar-refractivity contribution in [1.82, 2.24) is 4.90 Å². The minimum atomic E-state index is -0.949. The van der Waals surface area contributed by atoms with Crippen molar-refractivity contribution >= 4 is 17.5 Å². The summed E-state index contributed by atoms with van der Waals surface area (Å²) in [5, 5.41) is 11.1. The van der Waals surface area contributed by atoms with Crippen LogP contribution >= 0.6 is 0 Å². The predicted octanol–water partition coefficient (Wildman–Crippen LogP) is 3.12. The molecule has 2 aromatic rings. The molecule has 1 saturated heterocycles. The van der Waals surface area contributed by atoms with Gasteiger partial charge in [0.05, 0.1) is 18.6 Å². The highest BCUT2D eigenvalue weighted by Gasteiger charge is 2.39. The first-order chi connectivity index (χ1) is 14.0. The normalized spacial score (nSPS) is 19.2. The van der Waals surface area contributed by atoms with E-state index in [0.717, 1.165) is 11.3 Å². The molecule has 152 valence electrons. The van der Waals surface area contributed by atoms with Gasteiger partial charge in [0.15, 0.2) is 0 Å². The number of hydrogen-bond donors (Lipinski definition) is 1. The molecule has 2 aromatic carbocycles. The van der Waals surface area contributed by atoms with Crippen LogP contribution in [0.3, 0.4) is 0 Å². The minimum absolute atomic E-state index is 0.0369. The number of β-amino-alcohol motifs (C(OH)–C–C–N with tert-alkyl or cyclic N) is 1. The van der Waals surface area contributed by atoms with E-state index in [9.17, 15) is 14.7 Å². The SMILES string of the molecule is CC(CC(=O)N1CCC(O)(CN2C(=O)Cc3ccccc32)CC1)c1ccccc1. The summed E-state index contributed by atoms with van der Waals surface area (Å²) in [6.45, 7) is 3.43. The Morgan fingerprint density at radius 3 is 2.45 bits per heavy atom. The number of hydrogen-bond acceptors (Lipinski definition) is 3. The van der Waals surface area contributed by atoms with Crippen LogP contribution in [0.4, 0.5) is 5.69 Å². The standard InChI is InChI=1S/C24H28N2O3/c1-18(19-7-3-2-4-8-19)15-22(27)25-13-11-24(29,12-14-25)17-26-21-10-6-5-9-20(21)16-23(26)28/h2-10,18,29H,11-17H2,1H3. The Labute approximate surface area is 171 Å². The maximum atomic E-state index is 12.7. The zero-order valence-corrected chi connectivity index (χ0v) is 16.9. The lowest BCUT2D eigenvalue weighted by Crippen LogP contribution is -2.52. The van der Waals surface area contributed by atoms with E-state index in [1.54, 1.807) is 4.90 Å². The van der Waals surface area contributed by atoms with Gasteiger partial charge in [-0.3, -0.25) is 9.59 Å². The Hall–Kier alpha value is -2.66. The third-order valence-corrected chi connectivity index (χ3v) is 6.27. The number of benzene rings is 2. The number of anilines is 1. The van der Waals surface area contributed by atoms with Crippen LogP contribution in [-0.4, -0.2) is 47.1 Å². The molecule has 0 bridgehead atoms. The van der Waals surface area contributed by atoms with E-state index in [4.69, 9.17) is 0 Å². The monoisotopic (exact) mass is 392 g/mol. The van der Waals surface area contributed by atoms with E-state index in [1.807, 2.05) is 47.4 Å². The highest BCUT2D eigenvalue weighted by atomic mass is 16.3. The maximum Gasteiger partial charge on any atom is 0.231 e. The van der Waals surface area contributed by atoms with E-state index in [1.165, 1.54) is 5.56 Å². The van der Waals surface area contributed by atoms with E-state index in [2.05, 4.69) is 19.1 Å². The Balaban J connectivity index is 1.34. The molecule has 4 rings (SSSR count). The zero-order valence-electron chi connectivity index (χ0n) is 16.9. The van der Waals surface area contributed by atoms with E-state index >= 15 is 0 Å². The summed E-state index contributed by atoms with van der Waals surface area (Å²) in [5.41, 5.74) is 2.14. The average molecular weight is 392 g/mol. The van der Waals surface area contributed by atoms with Gasteiger partial charge in [0.2, 0.25) is 11.8 Å². The molecule has 2 aliphatic heterocycles. The van der Waals surface area contributed by atoms with Crippen molar-refractivity contribution in [3.8, 4) is 0 Å². The summed E-state index contributed by atoms with van der Waals surface area (Å²) >= 11 is 0. The number of aliphatic hydroxyl groups is 1. The number of nitrogens with zero attached hydrogens (tertiary/aromatic N) is 2. The van der Waals surface area contributed by atoms with Gasteiger partial charge in [-0.2, -0.15) is 0 Å². The molecule has 29 heavy (non-hydrogen) atoms. The molecule has 0 aromatic heterocycles. The Bertz CT molecular complexity index is 888. The second-order valence-electron chi connectivity index (χ2n) is 8.41. The van der Waals surface area contributed by atoms with Crippen molar-refractivity contribution in [2.24, 2.45) is 0 Å². The molecular weight excluding hydrogens is 364 g/mol. The highest BCUT2D eigenvalue weighted by Crippen LogP contribution is 2.33. The lowest BCUT2D eigenvalue weighted by atomic mass is 9.89. The molecule has 5 heteroatoms. The molecule has 1 fully saturated rings. The highest BCUT2D eigenvalue weighted by molar-refractivity contribution is 6.01. The lowest BCUT2D eigenvalue weighted by Gasteiger charge is -2.40. The van der Waals surface area contributed by atoms with Gasteiger partial charge in [-0.25, -0.2) is 0 Å². The summed E-state index contributed by atoms with van der Waals surface area (Å²) < 4.78 is 0. The molecule has 1 atom stereocenters. The first-order valence-corrected chi connectivity index (χ1v) is 10.4. The van der Waals surface area contributed by atoms with Crippen LogP contribution in [-0.2, 0) is 16.0 Å². The van der Waals surface area contributed by atoms with E-state index in [0.29, 0.717) is 45.3 Å². The third kappa shape index (κ3) is 4.20. The minimum Gasteiger partial charge on any atom is -0.388 e. The molecule has 2 aliphatic rings. The predicted molar refractivity (Wildman–Crippen MR) is 113 cm³/mol. The molecule has 2 heterocycles. The van der Waals surface area contributed by atoms with Crippen molar-refractivity contribution in [1.29, 1.82) is 0 Å². The third-order valence-electron chi connectivity index (χ3n) is 6.27. The molecule has 0 radical (unpaired) electrons. The first kappa shape index (κ1) is 19.6. The second kappa shape index (κ2) is 7.99. The number of para-hydroxylation sites is 1. The number of fused-ring (bicyclic) bond motifs is 1. The molecule has 2 amide bonds. The molecule has 1 unspecified atom stereocenters. The number of piperidine rings is 1. The Morgan fingerprint density at radius 2 is 1.72 bits per heavy atom. The summed E-state index contributed by atoms with van der Waals surface area (Å²) in [6.07, 6.45) is 1.85. The van der Waals surface area contributed by atoms with Crippen LogP contribution in [0.5, 0.6) is 0 Å². The lowest BCUT2D eigenvalue weighted by molar-refractivity contribution is -0.136. The van der Waals surface area contributed by atoms with Gasteiger partial charge in [-0.1, -0.05) is 55.5 Å². The zero-order chi connectivity index (χ0) is 20.4. The van der Waals surface area contributed by atoms with Crippen LogP contribution < -0.4 is 4.90 Å². The second-order valence-corrected chi connectivity index (χ2v) is 8.41. The molecule has 5 nitrogen and oxygen atoms in total. The van der Waals surface area contributed by atoms with Crippen molar-refractivity contribution in [3.63, 3.8) is 0 Å². The van der Waals surface area contributed by atoms with E-state index < -0.39 is 5.60 Å². The van der Waals surface area contributed by atoms with Gasteiger partial charge in [0, 0.05) is 25.2 Å². The summed E-state index contributed by atoms with van der Waals surface area (Å²) in [5.74, 6) is 0.337. The number of likely N-dealkylation sites (tertiary alicyclic amines) is 1. The average Bonchev–Trinajstić information content (AvgIpc) is 3.04. The molecule has 0 aliphatic carbocycles. The Kier molecular flexibility index (Phi) is 5.41. The summed E-state index contributed by atoms with van der Waals surface area (Å²) in [7, 11) is 0. The quantitative estimate of drug-likeness (QED) is 0.850. The largest absolute Gasteiger partial charge is 0.388 e. The topological polar surface area (TPSA) is 60.9 Å². The summed E-state index contributed by atoms with van der Waals surface area (Å²) in [6, 6.07) is 17.8. The van der Waals surface area contributed by atoms with Gasteiger partial charge in [-0.05, 0) is 36.0 Å². The van der Waals surface area contributed by atoms with Crippen molar-refractivity contribution in [2.45, 2.75) is 44.1 Å². The van der Waals surface area contributed by atoms with Gasteiger partial charge in [-0.15, -0.1) is 0 Å². The fraction of sp³-hybridized carbons (Fsp3) is 0.417. The Morgan fingerprint density at radius 1 is 1.07 bits per heavy atom. The number of rotatable bonds is 5. The van der Waals surface area contributed by atoms with Crippen LogP contribution in [0, 0.1) is 0 Å². The summed E-state index contributed by atoms with van der Waals surface area (Å²) in [4.78, 5) is 28.7. The van der Waals surface area contributed by atoms with Crippen molar-refractivity contribution < 1.29 is 14.7 Å². The van der Waals surface area contributed by atoms with Gasteiger partial charge in [0.1, 0.15) is 0 Å². The van der Waals surface area contributed by atoms with Crippen molar-refractivity contribution in [3.05, 3.63) is 65.7 Å². The van der Waals surface area contributed by atoms with Gasteiger partial charge < -0.3 is 14.9 Å². The fourth-order valence-corrected chi connectivity index (χ4v) is 4.40. The smallest absolute Gasteiger partial charge is 0.231 e. The van der Waals surface area contributed by atoms with Crippen LogP contribution in [0.15, 0.2) is 54.6 Å². The maximum absolute atomic E-state index is 12.7. The first-order valence-electron chi connectivity index (χ1n) is 10.4. The fourth-order valence-electron chi connectivity index (χ4n) is 4.40. The van der Waals surface area contributed by atoms with Crippen LogP contribution in [0.25, 0.3) is 0 Å². The van der Waals surface area contributed by atoms with E-state index in [-0.39, 0.29) is 17.7 Å².